The summed E-state index contributed by atoms with van der Waals surface area (Å²) in [6.45, 7) is 8.37. The summed E-state index contributed by atoms with van der Waals surface area (Å²) >= 11 is 6.67. The summed E-state index contributed by atoms with van der Waals surface area (Å²) in [6, 6.07) is 12.6. The summed E-state index contributed by atoms with van der Waals surface area (Å²) < 4.78 is 0. The fraction of sp³-hybridized carbons (Fsp3) is 0.440. The Bertz CT molecular complexity index is 940. The number of hydrogen-bond donors (Lipinski definition) is 1. The van der Waals surface area contributed by atoms with Crippen molar-refractivity contribution in [3.8, 4) is 0 Å². The number of primary amides is 1. The molecule has 2 aromatic rings. The third kappa shape index (κ3) is 4.11. The number of amides is 2. The van der Waals surface area contributed by atoms with Gasteiger partial charge in [0.1, 0.15) is 0 Å². The Morgan fingerprint density at radius 3 is 2.47 bits per heavy atom. The molecule has 2 aromatic carbocycles. The monoisotopic (exact) mass is 426 g/mol. The lowest BCUT2D eigenvalue weighted by Gasteiger charge is -2.47. The molecule has 0 spiro atoms. The van der Waals surface area contributed by atoms with Gasteiger partial charge in [-0.15, -0.1) is 0 Å². The van der Waals surface area contributed by atoms with Gasteiger partial charge in [-0.25, -0.2) is 0 Å². The first-order valence-corrected chi connectivity index (χ1v) is 11.1. The molecule has 3 rings (SSSR count). The second-order valence-corrected chi connectivity index (χ2v) is 9.01. The number of halogens is 1. The zero-order chi connectivity index (χ0) is 22.0. The smallest absolute Gasteiger partial charge is 0.254 e. The Labute approximate surface area is 184 Å². The van der Waals surface area contributed by atoms with Crippen LogP contribution in [-0.4, -0.2) is 22.8 Å². The number of aryl methyl sites for hydroxylation is 1. The number of nitrogens with two attached hydrogens (primary N) is 1. The van der Waals surface area contributed by atoms with Gasteiger partial charge in [0, 0.05) is 16.6 Å². The van der Waals surface area contributed by atoms with E-state index in [4.69, 9.17) is 17.3 Å². The van der Waals surface area contributed by atoms with Crippen LogP contribution in [0, 0.1) is 12.8 Å². The number of unbranched alkanes of at least 4 members (excludes halogenated alkanes) is 1. The zero-order valence-corrected chi connectivity index (χ0v) is 18.9. The van der Waals surface area contributed by atoms with Crippen LogP contribution in [0.15, 0.2) is 42.5 Å². The normalized spacial score (nSPS) is 19.7. The summed E-state index contributed by atoms with van der Waals surface area (Å²) in [7, 11) is 0. The van der Waals surface area contributed by atoms with Crippen molar-refractivity contribution in [2.45, 2.75) is 65.0 Å². The molecule has 0 saturated heterocycles. The number of rotatable bonds is 7. The number of carbonyl (C=O) groups is 2. The third-order valence-electron chi connectivity index (χ3n) is 6.14. The Morgan fingerprint density at radius 1 is 1.17 bits per heavy atom. The molecule has 1 aliphatic rings. The number of hydrogen-bond acceptors (Lipinski definition) is 2. The summed E-state index contributed by atoms with van der Waals surface area (Å²) in [5, 5.41) is 0.557. The van der Waals surface area contributed by atoms with E-state index in [2.05, 4.69) is 20.8 Å². The van der Waals surface area contributed by atoms with Crippen LogP contribution in [-0.2, 0) is 4.79 Å². The van der Waals surface area contributed by atoms with E-state index in [0.29, 0.717) is 16.1 Å². The van der Waals surface area contributed by atoms with Crippen LogP contribution in [0.1, 0.15) is 79.0 Å². The van der Waals surface area contributed by atoms with E-state index < -0.39 is 17.9 Å². The summed E-state index contributed by atoms with van der Waals surface area (Å²) in [5.41, 5.74) is 9.00. The van der Waals surface area contributed by atoms with Crippen molar-refractivity contribution in [3.05, 3.63) is 69.7 Å². The molecule has 0 aromatic heterocycles. The first-order chi connectivity index (χ1) is 14.3. The van der Waals surface area contributed by atoms with Gasteiger partial charge in [-0.2, -0.15) is 0 Å². The molecule has 4 nitrogen and oxygen atoms in total. The number of nitrogens with zero attached hydrogens (tertiary/aromatic N) is 1. The van der Waals surface area contributed by atoms with Crippen LogP contribution < -0.4 is 5.73 Å². The van der Waals surface area contributed by atoms with E-state index in [1.807, 2.05) is 48.2 Å². The molecular formula is C25H31ClN2O2. The SMILES string of the molecule is CCCCC(C(C)C)N1C(=O)c2ccccc2C(C(N)=O)C1c1ccc(C)cc1Cl. The van der Waals surface area contributed by atoms with Gasteiger partial charge in [0.15, 0.2) is 0 Å². The molecule has 0 bridgehead atoms. The van der Waals surface area contributed by atoms with Crippen LogP contribution in [0.5, 0.6) is 0 Å². The highest BCUT2D eigenvalue weighted by Gasteiger charge is 2.46. The van der Waals surface area contributed by atoms with Crippen LogP contribution >= 0.6 is 11.6 Å². The van der Waals surface area contributed by atoms with E-state index in [0.717, 1.165) is 30.4 Å². The van der Waals surface area contributed by atoms with Crippen LogP contribution in [0.2, 0.25) is 5.02 Å². The molecule has 160 valence electrons. The van der Waals surface area contributed by atoms with Crippen molar-refractivity contribution < 1.29 is 9.59 Å². The third-order valence-corrected chi connectivity index (χ3v) is 6.46. The van der Waals surface area contributed by atoms with Crippen LogP contribution in [0.3, 0.4) is 0 Å². The minimum atomic E-state index is -0.651. The Morgan fingerprint density at radius 2 is 1.87 bits per heavy atom. The maximum atomic E-state index is 13.8. The first-order valence-electron chi connectivity index (χ1n) is 10.7. The molecule has 0 radical (unpaired) electrons. The lowest BCUT2D eigenvalue weighted by atomic mass is 9.77. The van der Waals surface area contributed by atoms with Gasteiger partial charge in [-0.3, -0.25) is 9.59 Å². The number of fused-ring (bicyclic) bond motifs is 1. The quantitative estimate of drug-likeness (QED) is 0.623. The van der Waals surface area contributed by atoms with Gasteiger partial charge in [0.2, 0.25) is 5.91 Å². The van der Waals surface area contributed by atoms with Gasteiger partial charge < -0.3 is 10.6 Å². The second-order valence-electron chi connectivity index (χ2n) is 8.60. The van der Waals surface area contributed by atoms with E-state index >= 15 is 0 Å². The Hall–Kier alpha value is -2.33. The number of benzene rings is 2. The van der Waals surface area contributed by atoms with Crippen molar-refractivity contribution >= 4 is 23.4 Å². The molecule has 0 aliphatic carbocycles. The van der Waals surface area contributed by atoms with Crippen molar-refractivity contribution in [3.63, 3.8) is 0 Å². The second kappa shape index (κ2) is 9.22. The molecule has 1 heterocycles. The molecule has 2 amide bonds. The van der Waals surface area contributed by atoms with Crippen LogP contribution in [0.25, 0.3) is 0 Å². The predicted octanol–water partition coefficient (Wildman–Crippen LogP) is 5.63. The van der Waals surface area contributed by atoms with E-state index in [1.54, 1.807) is 6.07 Å². The fourth-order valence-corrected chi connectivity index (χ4v) is 4.98. The predicted molar refractivity (Wildman–Crippen MR) is 122 cm³/mol. The molecule has 1 aliphatic heterocycles. The lowest BCUT2D eigenvalue weighted by molar-refractivity contribution is -0.121. The minimum Gasteiger partial charge on any atom is -0.369 e. The van der Waals surface area contributed by atoms with Crippen molar-refractivity contribution in [1.82, 2.24) is 4.90 Å². The molecule has 3 unspecified atom stereocenters. The summed E-state index contributed by atoms with van der Waals surface area (Å²) in [4.78, 5) is 28.5. The first kappa shape index (κ1) is 22.4. The van der Waals surface area contributed by atoms with Crippen molar-refractivity contribution in [2.24, 2.45) is 11.7 Å². The standard InChI is InChI=1S/C25H31ClN2O2/c1-5-6-11-21(15(2)3)28-23(19-13-12-16(4)14-20(19)26)22(24(27)29)17-9-7-8-10-18(17)25(28)30/h7-10,12-15,21-23H,5-6,11H2,1-4H3,(H2,27,29). The molecular weight excluding hydrogens is 396 g/mol. The van der Waals surface area contributed by atoms with Crippen molar-refractivity contribution in [1.29, 1.82) is 0 Å². The van der Waals surface area contributed by atoms with Gasteiger partial charge in [-0.05, 0) is 48.1 Å². The maximum absolute atomic E-state index is 13.8. The molecule has 0 fully saturated rings. The van der Waals surface area contributed by atoms with Crippen LogP contribution in [0.4, 0.5) is 0 Å². The molecule has 0 saturated carbocycles. The maximum Gasteiger partial charge on any atom is 0.254 e. The zero-order valence-electron chi connectivity index (χ0n) is 18.2. The van der Waals surface area contributed by atoms with Gasteiger partial charge in [-0.1, -0.05) is 75.5 Å². The average Bonchev–Trinajstić information content (AvgIpc) is 2.69. The molecule has 5 heteroatoms. The Balaban J connectivity index is 2.27. The van der Waals surface area contributed by atoms with Gasteiger partial charge in [0.25, 0.3) is 5.91 Å². The number of carbonyl (C=O) groups excluding carboxylic acids is 2. The van der Waals surface area contributed by atoms with E-state index in [-0.39, 0.29) is 17.9 Å². The lowest BCUT2D eigenvalue weighted by Crippen LogP contribution is -2.52. The fourth-order valence-electron chi connectivity index (χ4n) is 4.63. The van der Waals surface area contributed by atoms with Crippen molar-refractivity contribution in [2.75, 3.05) is 0 Å². The highest BCUT2D eigenvalue weighted by atomic mass is 35.5. The average molecular weight is 427 g/mol. The highest BCUT2D eigenvalue weighted by Crippen LogP contribution is 2.46. The van der Waals surface area contributed by atoms with E-state index in [9.17, 15) is 9.59 Å². The summed E-state index contributed by atoms with van der Waals surface area (Å²) in [6.07, 6.45) is 2.91. The van der Waals surface area contributed by atoms with Gasteiger partial charge >= 0.3 is 0 Å². The molecule has 2 N–H and O–H groups in total. The Kier molecular flexibility index (Phi) is 6.87. The largest absolute Gasteiger partial charge is 0.369 e. The minimum absolute atomic E-state index is 0.0185. The topological polar surface area (TPSA) is 63.4 Å². The molecule has 30 heavy (non-hydrogen) atoms. The highest BCUT2D eigenvalue weighted by molar-refractivity contribution is 6.31. The summed E-state index contributed by atoms with van der Waals surface area (Å²) in [5.74, 6) is -0.924. The van der Waals surface area contributed by atoms with E-state index in [1.165, 1.54) is 0 Å². The molecule has 3 atom stereocenters. The van der Waals surface area contributed by atoms with Gasteiger partial charge in [0.05, 0.1) is 12.0 Å².